The topological polar surface area (TPSA) is 174 Å². The Morgan fingerprint density at radius 2 is 1.72 bits per heavy atom. The van der Waals surface area contributed by atoms with E-state index in [0.29, 0.717) is 70.3 Å². The number of aromatic nitrogens is 2. The van der Waals surface area contributed by atoms with Gasteiger partial charge in [-0.3, -0.25) is 9.59 Å². The molecule has 2 saturated heterocycles. The highest BCUT2D eigenvalue weighted by Crippen LogP contribution is 2.34. The molecule has 2 fully saturated rings. The zero-order valence-electron chi connectivity index (χ0n) is 25.4. The average molecular weight is 665 g/mol. The standard InChI is InChI=1S/C30H39F3N8O4S/c31-30(32,33)29-38-25(40-16-11-21(12-17-40)3-1-5-27(42)36-14-18-46(35,44)45)19-26(39-29)41-15-2-4-24(41)28(43)37-13-10-22-6-8-23(20-34)9-7-22/h6-9,19,21,24H,1-5,10-18H2,(H,36,42)(H,37,43)(H2,35,44,45)/t24-/m0/s1. The Labute approximate surface area is 266 Å². The molecule has 4 rings (SSSR count). The molecule has 1 aromatic heterocycles. The Morgan fingerprint density at radius 3 is 2.37 bits per heavy atom. The highest BCUT2D eigenvalue weighted by Gasteiger charge is 2.39. The molecule has 2 aliphatic rings. The van der Waals surface area contributed by atoms with E-state index in [9.17, 15) is 31.2 Å². The van der Waals surface area contributed by atoms with E-state index in [4.69, 9.17) is 10.4 Å². The molecule has 0 aliphatic carbocycles. The van der Waals surface area contributed by atoms with E-state index in [1.54, 1.807) is 21.9 Å². The molecule has 0 radical (unpaired) electrons. The molecule has 1 atom stereocenters. The van der Waals surface area contributed by atoms with E-state index in [-0.39, 0.29) is 48.1 Å². The van der Waals surface area contributed by atoms with Crippen molar-refractivity contribution < 1.29 is 31.2 Å². The fourth-order valence-electron chi connectivity index (χ4n) is 5.79. The van der Waals surface area contributed by atoms with Crippen LogP contribution in [0.4, 0.5) is 24.8 Å². The van der Waals surface area contributed by atoms with Crippen LogP contribution in [0.15, 0.2) is 30.3 Å². The molecule has 46 heavy (non-hydrogen) atoms. The summed E-state index contributed by atoms with van der Waals surface area (Å²) in [5, 5.41) is 19.3. The van der Waals surface area contributed by atoms with Crippen LogP contribution in [-0.2, 0) is 32.2 Å². The van der Waals surface area contributed by atoms with Crippen molar-refractivity contribution in [1.82, 2.24) is 20.6 Å². The monoisotopic (exact) mass is 664 g/mol. The van der Waals surface area contributed by atoms with Crippen LogP contribution in [-0.4, -0.2) is 74.7 Å². The molecule has 0 bridgehead atoms. The van der Waals surface area contributed by atoms with Crippen LogP contribution in [0.25, 0.3) is 0 Å². The van der Waals surface area contributed by atoms with Gasteiger partial charge in [-0.2, -0.15) is 18.4 Å². The Balaban J connectivity index is 1.33. The van der Waals surface area contributed by atoms with Crippen LogP contribution in [0, 0.1) is 17.2 Å². The van der Waals surface area contributed by atoms with Gasteiger partial charge < -0.3 is 20.4 Å². The Morgan fingerprint density at radius 1 is 1.02 bits per heavy atom. The molecule has 16 heteroatoms. The van der Waals surface area contributed by atoms with Crippen LogP contribution in [0.5, 0.6) is 0 Å². The molecule has 250 valence electrons. The first kappa shape index (κ1) is 34.9. The first-order chi connectivity index (χ1) is 21.8. The lowest BCUT2D eigenvalue weighted by Crippen LogP contribution is -2.44. The minimum Gasteiger partial charge on any atom is -0.356 e. The maximum Gasteiger partial charge on any atom is 0.451 e. The number of nitrogens with zero attached hydrogens (tertiary/aromatic N) is 5. The molecule has 0 saturated carbocycles. The Hall–Kier alpha value is -3.97. The first-order valence-electron chi connectivity index (χ1n) is 15.3. The average Bonchev–Trinajstić information content (AvgIpc) is 3.51. The molecule has 0 unspecified atom stereocenters. The molecule has 2 aromatic rings. The van der Waals surface area contributed by atoms with Crippen LogP contribution >= 0.6 is 0 Å². The fourth-order valence-corrected chi connectivity index (χ4v) is 6.17. The summed E-state index contributed by atoms with van der Waals surface area (Å²) < 4.78 is 63.7. The van der Waals surface area contributed by atoms with Crippen molar-refractivity contribution in [3.8, 4) is 6.07 Å². The summed E-state index contributed by atoms with van der Waals surface area (Å²) >= 11 is 0. The third-order valence-electron chi connectivity index (χ3n) is 8.26. The zero-order chi connectivity index (χ0) is 33.3. The van der Waals surface area contributed by atoms with Gasteiger partial charge in [-0.15, -0.1) is 0 Å². The van der Waals surface area contributed by atoms with E-state index in [1.807, 2.05) is 12.1 Å². The third kappa shape index (κ3) is 10.3. The summed E-state index contributed by atoms with van der Waals surface area (Å²) in [5.41, 5.74) is 1.49. The van der Waals surface area contributed by atoms with Gasteiger partial charge in [0.15, 0.2) is 0 Å². The predicted molar refractivity (Wildman–Crippen MR) is 165 cm³/mol. The van der Waals surface area contributed by atoms with E-state index >= 15 is 0 Å². The summed E-state index contributed by atoms with van der Waals surface area (Å²) in [6, 6.07) is 9.97. The van der Waals surface area contributed by atoms with Crippen molar-refractivity contribution in [2.24, 2.45) is 11.1 Å². The van der Waals surface area contributed by atoms with Gasteiger partial charge in [0.05, 0.1) is 17.4 Å². The highest BCUT2D eigenvalue weighted by atomic mass is 32.2. The van der Waals surface area contributed by atoms with E-state index < -0.39 is 28.1 Å². The number of anilines is 2. The minimum atomic E-state index is -4.77. The summed E-state index contributed by atoms with van der Waals surface area (Å²) in [7, 11) is -3.64. The molecule has 12 nitrogen and oxygen atoms in total. The molecule has 3 heterocycles. The SMILES string of the molecule is N#Cc1ccc(CCNC(=O)[C@@H]2CCCN2c2cc(N3CCC(CCCC(=O)NCCS(N)(=O)=O)CC3)nc(C(F)(F)F)n2)cc1. The van der Waals surface area contributed by atoms with Gasteiger partial charge in [-0.25, -0.2) is 23.5 Å². The van der Waals surface area contributed by atoms with Crippen molar-refractivity contribution in [3.05, 3.63) is 47.3 Å². The highest BCUT2D eigenvalue weighted by molar-refractivity contribution is 7.89. The second kappa shape index (κ2) is 15.5. The summed E-state index contributed by atoms with van der Waals surface area (Å²) in [6.07, 6.45) is -0.0784. The van der Waals surface area contributed by atoms with E-state index in [1.165, 1.54) is 6.07 Å². The van der Waals surface area contributed by atoms with Crippen molar-refractivity contribution in [3.63, 3.8) is 0 Å². The zero-order valence-corrected chi connectivity index (χ0v) is 26.2. The molecular weight excluding hydrogens is 625 g/mol. The number of hydrogen-bond donors (Lipinski definition) is 3. The molecule has 4 N–H and O–H groups in total. The van der Waals surface area contributed by atoms with Crippen molar-refractivity contribution in [1.29, 1.82) is 5.26 Å². The summed E-state index contributed by atoms with van der Waals surface area (Å²) in [5.74, 6) is -1.59. The second-order valence-electron chi connectivity index (χ2n) is 11.6. The van der Waals surface area contributed by atoms with Crippen molar-refractivity contribution >= 4 is 33.5 Å². The largest absolute Gasteiger partial charge is 0.451 e. The van der Waals surface area contributed by atoms with Gasteiger partial charge in [-0.05, 0) is 68.6 Å². The number of alkyl halides is 3. The van der Waals surface area contributed by atoms with Crippen molar-refractivity contribution in [2.45, 2.75) is 63.6 Å². The number of piperidine rings is 1. The Bertz CT molecular complexity index is 1510. The number of carbonyl (C=O) groups excluding carboxylic acids is 2. The number of halogens is 3. The second-order valence-corrected chi connectivity index (χ2v) is 13.4. The van der Waals surface area contributed by atoms with Gasteiger partial charge in [0.25, 0.3) is 0 Å². The lowest BCUT2D eigenvalue weighted by molar-refractivity contribution is -0.144. The lowest BCUT2D eigenvalue weighted by atomic mass is 9.91. The number of nitrogens with two attached hydrogens (primary N) is 1. The van der Waals surface area contributed by atoms with Gasteiger partial charge >= 0.3 is 6.18 Å². The van der Waals surface area contributed by atoms with E-state index in [2.05, 4.69) is 26.7 Å². The Kier molecular flexibility index (Phi) is 11.8. The molecule has 2 amide bonds. The van der Waals surface area contributed by atoms with Gasteiger partial charge in [0.1, 0.15) is 17.7 Å². The van der Waals surface area contributed by atoms with Crippen LogP contribution in [0.1, 0.15) is 61.9 Å². The van der Waals surface area contributed by atoms with Gasteiger partial charge in [0, 0.05) is 45.2 Å². The number of carbonyl (C=O) groups is 2. The normalized spacial score (nSPS) is 17.5. The molecule has 0 spiro atoms. The number of nitriles is 1. The quantitative estimate of drug-likeness (QED) is 0.291. The molecule has 1 aromatic carbocycles. The number of nitrogens with one attached hydrogen (secondary N) is 2. The summed E-state index contributed by atoms with van der Waals surface area (Å²) in [4.78, 5) is 36.2. The fraction of sp³-hybridized carbons (Fsp3) is 0.567. The number of sulfonamides is 1. The van der Waals surface area contributed by atoms with Crippen molar-refractivity contribution in [2.75, 3.05) is 48.3 Å². The van der Waals surface area contributed by atoms with E-state index in [0.717, 1.165) is 12.0 Å². The molecular formula is C30H39F3N8O4S. The summed E-state index contributed by atoms with van der Waals surface area (Å²) in [6.45, 7) is 1.66. The first-order valence-corrected chi connectivity index (χ1v) is 17.1. The smallest absolute Gasteiger partial charge is 0.356 e. The lowest BCUT2D eigenvalue weighted by Gasteiger charge is -2.34. The number of amides is 2. The maximum absolute atomic E-state index is 13.9. The van der Waals surface area contributed by atoms with Gasteiger partial charge in [-0.1, -0.05) is 12.1 Å². The molecule has 2 aliphatic heterocycles. The predicted octanol–water partition coefficient (Wildman–Crippen LogP) is 2.49. The van der Waals surface area contributed by atoms with Crippen LogP contribution in [0.3, 0.4) is 0 Å². The van der Waals surface area contributed by atoms with Crippen LogP contribution in [0.2, 0.25) is 0 Å². The minimum absolute atomic E-state index is 0.0420. The number of benzene rings is 1. The van der Waals surface area contributed by atoms with Gasteiger partial charge in [0.2, 0.25) is 27.7 Å². The maximum atomic E-state index is 13.9. The number of hydrogen-bond acceptors (Lipinski definition) is 9. The number of rotatable bonds is 13. The van der Waals surface area contributed by atoms with Crippen LogP contribution < -0.4 is 25.6 Å². The third-order valence-corrected chi connectivity index (χ3v) is 9.03. The number of primary sulfonamides is 1.